The molecule has 0 spiro atoms. The fourth-order valence-electron chi connectivity index (χ4n) is 2.90. The number of nitrogens with one attached hydrogen (secondary N) is 2. The van der Waals surface area contributed by atoms with Gasteiger partial charge in [0.25, 0.3) is 0 Å². The molecule has 0 radical (unpaired) electrons. The number of rotatable bonds is 6. The quantitative estimate of drug-likeness (QED) is 0.637. The van der Waals surface area contributed by atoms with Crippen molar-refractivity contribution in [2.45, 2.75) is 33.4 Å². The lowest BCUT2D eigenvalue weighted by atomic mass is 10.1. The van der Waals surface area contributed by atoms with Gasteiger partial charge in [-0.25, -0.2) is 4.98 Å². The van der Waals surface area contributed by atoms with E-state index in [1.54, 1.807) is 6.92 Å². The molecule has 3 rings (SSSR count). The highest BCUT2D eigenvalue weighted by Crippen LogP contribution is 2.21. The molecule has 0 bridgehead atoms. The molecule has 1 amide bonds. The van der Waals surface area contributed by atoms with Gasteiger partial charge in [-0.1, -0.05) is 29.8 Å². The number of aliphatic hydroxyl groups excluding tert-OH is 1. The molecule has 26 heavy (non-hydrogen) atoms. The number of para-hydroxylation sites is 2. The summed E-state index contributed by atoms with van der Waals surface area (Å²) in [5, 5.41) is 15.6. The number of aryl methyl sites for hydroxylation is 2. The monoisotopic (exact) mass is 352 g/mol. The second-order valence-electron chi connectivity index (χ2n) is 6.61. The third kappa shape index (κ3) is 4.03. The van der Waals surface area contributed by atoms with Crippen LogP contribution in [0.25, 0.3) is 11.0 Å². The van der Waals surface area contributed by atoms with E-state index in [2.05, 4.69) is 15.6 Å². The van der Waals surface area contributed by atoms with Crippen molar-refractivity contribution in [1.29, 1.82) is 0 Å². The molecule has 2 aromatic carbocycles. The Hall–Kier alpha value is -2.86. The standard InChI is InChI=1S/C20H24N4O2/c1-13-8-9-16(14(2)10-13)22-19(26)12-24-18-7-5-4-6-17(18)23-20(24)21-11-15(3)25/h4-10,15,25H,11-12H2,1-3H3,(H,21,23)(H,22,26). The Labute approximate surface area is 152 Å². The molecule has 1 unspecified atom stereocenters. The molecular weight excluding hydrogens is 328 g/mol. The first-order chi connectivity index (χ1) is 12.4. The number of imidazole rings is 1. The Bertz CT molecular complexity index is 931. The van der Waals surface area contributed by atoms with Crippen LogP contribution in [0.1, 0.15) is 18.1 Å². The van der Waals surface area contributed by atoms with Crippen molar-refractivity contribution in [1.82, 2.24) is 9.55 Å². The topological polar surface area (TPSA) is 79.2 Å². The second-order valence-corrected chi connectivity index (χ2v) is 6.61. The average Bonchev–Trinajstić information content (AvgIpc) is 2.93. The number of amides is 1. The highest BCUT2D eigenvalue weighted by molar-refractivity contribution is 5.93. The van der Waals surface area contributed by atoms with E-state index in [1.807, 2.05) is 60.9 Å². The lowest BCUT2D eigenvalue weighted by molar-refractivity contribution is -0.116. The summed E-state index contributed by atoms with van der Waals surface area (Å²) < 4.78 is 1.83. The minimum absolute atomic E-state index is 0.125. The molecule has 136 valence electrons. The first kappa shape index (κ1) is 17.9. The molecule has 6 heteroatoms. The smallest absolute Gasteiger partial charge is 0.244 e. The number of hydrogen-bond donors (Lipinski definition) is 3. The molecule has 1 heterocycles. The molecule has 6 nitrogen and oxygen atoms in total. The fourth-order valence-corrected chi connectivity index (χ4v) is 2.90. The maximum absolute atomic E-state index is 12.6. The number of aliphatic hydroxyl groups is 1. The Morgan fingerprint density at radius 1 is 1.23 bits per heavy atom. The molecule has 3 N–H and O–H groups in total. The molecule has 0 aliphatic carbocycles. The molecule has 0 aliphatic heterocycles. The summed E-state index contributed by atoms with van der Waals surface area (Å²) in [6.07, 6.45) is -0.507. The highest BCUT2D eigenvalue weighted by Gasteiger charge is 2.14. The van der Waals surface area contributed by atoms with Gasteiger partial charge in [-0.2, -0.15) is 0 Å². The summed E-state index contributed by atoms with van der Waals surface area (Å²) in [7, 11) is 0. The van der Waals surface area contributed by atoms with Crippen molar-refractivity contribution >= 4 is 28.6 Å². The third-order valence-corrected chi connectivity index (χ3v) is 4.17. The lowest BCUT2D eigenvalue weighted by Crippen LogP contribution is -2.23. The normalized spacial score (nSPS) is 12.2. The van der Waals surface area contributed by atoms with Gasteiger partial charge in [0, 0.05) is 12.2 Å². The van der Waals surface area contributed by atoms with E-state index in [4.69, 9.17) is 0 Å². The molecule has 3 aromatic rings. The highest BCUT2D eigenvalue weighted by atomic mass is 16.3. The largest absolute Gasteiger partial charge is 0.392 e. The summed E-state index contributed by atoms with van der Waals surface area (Å²) in [5.41, 5.74) is 4.67. The van der Waals surface area contributed by atoms with Crippen LogP contribution in [0.2, 0.25) is 0 Å². The number of carbonyl (C=O) groups is 1. The average molecular weight is 352 g/mol. The molecule has 0 saturated carbocycles. The van der Waals surface area contributed by atoms with E-state index in [1.165, 1.54) is 0 Å². The number of carbonyl (C=O) groups excluding carboxylic acids is 1. The van der Waals surface area contributed by atoms with E-state index in [0.29, 0.717) is 12.5 Å². The van der Waals surface area contributed by atoms with Gasteiger partial charge in [0.15, 0.2) is 0 Å². The van der Waals surface area contributed by atoms with Gasteiger partial charge in [0.2, 0.25) is 11.9 Å². The van der Waals surface area contributed by atoms with Crippen LogP contribution >= 0.6 is 0 Å². The number of nitrogens with zero attached hydrogens (tertiary/aromatic N) is 2. The van der Waals surface area contributed by atoms with Crippen LogP contribution in [0.5, 0.6) is 0 Å². The van der Waals surface area contributed by atoms with Crippen LogP contribution in [-0.4, -0.2) is 33.2 Å². The van der Waals surface area contributed by atoms with Crippen molar-refractivity contribution < 1.29 is 9.90 Å². The minimum atomic E-state index is -0.507. The first-order valence-electron chi connectivity index (χ1n) is 8.68. The van der Waals surface area contributed by atoms with E-state index in [0.717, 1.165) is 27.8 Å². The van der Waals surface area contributed by atoms with Crippen molar-refractivity contribution in [3.63, 3.8) is 0 Å². The number of fused-ring (bicyclic) bond motifs is 1. The van der Waals surface area contributed by atoms with Crippen molar-refractivity contribution in [3.8, 4) is 0 Å². The van der Waals surface area contributed by atoms with Crippen LogP contribution in [-0.2, 0) is 11.3 Å². The SMILES string of the molecule is Cc1ccc(NC(=O)Cn2c(NCC(C)O)nc3ccccc32)c(C)c1. The van der Waals surface area contributed by atoms with Crippen LogP contribution < -0.4 is 10.6 Å². The Morgan fingerprint density at radius 3 is 2.73 bits per heavy atom. The van der Waals surface area contributed by atoms with Crippen molar-refractivity contribution in [3.05, 3.63) is 53.6 Å². The van der Waals surface area contributed by atoms with Gasteiger partial charge < -0.3 is 20.3 Å². The van der Waals surface area contributed by atoms with E-state index in [9.17, 15) is 9.90 Å². The minimum Gasteiger partial charge on any atom is -0.392 e. The summed E-state index contributed by atoms with van der Waals surface area (Å²) in [5.74, 6) is 0.447. The molecule has 1 atom stereocenters. The van der Waals surface area contributed by atoms with Crippen LogP contribution in [0.15, 0.2) is 42.5 Å². The van der Waals surface area contributed by atoms with Crippen LogP contribution in [0.4, 0.5) is 11.6 Å². The van der Waals surface area contributed by atoms with Gasteiger partial charge in [-0.3, -0.25) is 4.79 Å². The summed E-state index contributed by atoms with van der Waals surface area (Å²) in [6, 6.07) is 13.6. The van der Waals surface area contributed by atoms with Crippen molar-refractivity contribution in [2.24, 2.45) is 0 Å². The zero-order chi connectivity index (χ0) is 18.7. The number of anilines is 2. The van der Waals surface area contributed by atoms with Crippen molar-refractivity contribution in [2.75, 3.05) is 17.2 Å². The number of hydrogen-bond acceptors (Lipinski definition) is 4. The molecular formula is C20H24N4O2. The predicted molar refractivity (Wildman–Crippen MR) is 104 cm³/mol. The zero-order valence-corrected chi connectivity index (χ0v) is 15.3. The number of aromatic nitrogens is 2. The second kappa shape index (κ2) is 7.58. The molecule has 0 fully saturated rings. The van der Waals surface area contributed by atoms with E-state index >= 15 is 0 Å². The summed E-state index contributed by atoms with van der Waals surface area (Å²) in [6.45, 7) is 6.20. The van der Waals surface area contributed by atoms with Gasteiger partial charge >= 0.3 is 0 Å². The van der Waals surface area contributed by atoms with Crippen LogP contribution in [0, 0.1) is 13.8 Å². The zero-order valence-electron chi connectivity index (χ0n) is 15.3. The van der Waals surface area contributed by atoms with Gasteiger partial charge in [-0.05, 0) is 44.5 Å². The molecule has 0 aliphatic rings. The van der Waals surface area contributed by atoms with Crippen LogP contribution in [0.3, 0.4) is 0 Å². The summed E-state index contributed by atoms with van der Waals surface area (Å²) >= 11 is 0. The van der Waals surface area contributed by atoms with Gasteiger partial charge in [-0.15, -0.1) is 0 Å². The Kier molecular flexibility index (Phi) is 5.23. The number of benzene rings is 2. The van der Waals surface area contributed by atoms with E-state index < -0.39 is 6.10 Å². The molecule has 1 aromatic heterocycles. The lowest BCUT2D eigenvalue weighted by Gasteiger charge is -2.13. The Balaban J connectivity index is 1.84. The predicted octanol–water partition coefficient (Wildman–Crippen LogP) is 3.08. The van der Waals surface area contributed by atoms with Gasteiger partial charge in [0.05, 0.1) is 17.1 Å². The maximum Gasteiger partial charge on any atom is 0.244 e. The maximum atomic E-state index is 12.6. The van der Waals surface area contributed by atoms with Gasteiger partial charge in [0.1, 0.15) is 6.54 Å². The first-order valence-corrected chi connectivity index (χ1v) is 8.68. The third-order valence-electron chi connectivity index (χ3n) is 4.17. The fraction of sp³-hybridized carbons (Fsp3) is 0.300. The summed E-state index contributed by atoms with van der Waals surface area (Å²) in [4.78, 5) is 17.1. The van der Waals surface area contributed by atoms with E-state index in [-0.39, 0.29) is 12.5 Å². The molecule has 0 saturated heterocycles. The Morgan fingerprint density at radius 2 is 2.00 bits per heavy atom.